The lowest BCUT2D eigenvalue weighted by molar-refractivity contribution is -0.137. The number of fused-ring (bicyclic) bond motifs is 4. The van der Waals surface area contributed by atoms with E-state index in [1.807, 2.05) is 17.0 Å². The van der Waals surface area contributed by atoms with Crippen molar-refractivity contribution in [1.82, 2.24) is 14.9 Å². The Kier molecular flexibility index (Phi) is 5.80. The molecule has 1 unspecified atom stereocenters. The molecule has 8 nitrogen and oxygen atoms in total. The van der Waals surface area contributed by atoms with Crippen LogP contribution in [-0.4, -0.2) is 53.1 Å². The molecule has 0 bridgehead atoms. The van der Waals surface area contributed by atoms with Gasteiger partial charge in [-0.1, -0.05) is 0 Å². The summed E-state index contributed by atoms with van der Waals surface area (Å²) in [5, 5.41) is 3.99. The Morgan fingerprint density at radius 1 is 1.19 bits per heavy atom. The van der Waals surface area contributed by atoms with E-state index in [1.54, 1.807) is 20.8 Å². The van der Waals surface area contributed by atoms with Gasteiger partial charge in [-0.05, 0) is 43.7 Å². The minimum atomic E-state index is -4.50. The first kappa shape index (κ1) is 24.0. The summed E-state index contributed by atoms with van der Waals surface area (Å²) in [6.07, 6.45) is -4.50. The molecule has 3 aromatic rings. The van der Waals surface area contributed by atoms with Crippen LogP contribution in [0.15, 0.2) is 30.3 Å². The highest BCUT2D eigenvalue weighted by atomic mass is 19.4. The Labute approximate surface area is 206 Å². The molecule has 1 saturated heterocycles. The number of nitrogens with two attached hydrogens (primary N) is 1. The predicted molar refractivity (Wildman–Crippen MR) is 131 cm³/mol. The lowest BCUT2D eigenvalue weighted by Crippen LogP contribution is -2.58. The first-order chi connectivity index (χ1) is 17.0. The van der Waals surface area contributed by atoms with Crippen molar-refractivity contribution in [3.8, 4) is 5.75 Å². The smallest absolute Gasteiger partial charge is 0.416 e. The highest BCUT2D eigenvalue weighted by Gasteiger charge is 2.35. The van der Waals surface area contributed by atoms with Gasteiger partial charge in [-0.15, -0.1) is 0 Å². The van der Waals surface area contributed by atoms with Crippen molar-refractivity contribution in [3.05, 3.63) is 47.3 Å². The van der Waals surface area contributed by atoms with Crippen molar-refractivity contribution < 1.29 is 22.7 Å². The summed E-state index contributed by atoms with van der Waals surface area (Å²) < 4.78 is 46.0. The van der Waals surface area contributed by atoms with E-state index < -0.39 is 17.8 Å². The Balaban J connectivity index is 1.51. The van der Waals surface area contributed by atoms with Gasteiger partial charge >= 0.3 is 6.18 Å². The number of nitrogens with one attached hydrogen (secondary N) is 1. The lowest BCUT2D eigenvalue weighted by Gasteiger charge is -2.45. The van der Waals surface area contributed by atoms with Gasteiger partial charge in [-0.3, -0.25) is 4.79 Å². The van der Waals surface area contributed by atoms with Gasteiger partial charge in [0.1, 0.15) is 24.0 Å². The molecule has 0 aliphatic carbocycles. The van der Waals surface area contributed by atoms with Crippen molar-refractivity contribution >= 4 is 34.0 Å². The van der Waals surface area contributed by atoms with Crippen LogP contribution in [0.2, 0.25) is 0 Å². The van der Waals surface area contributed by atoms with Crippen molar-refractivity contribution in [3.63, 3.8) is 0 Å². The first-order valence-electron chi connectivity index (χ1n) is 11.7. The van der Waals surface area contributed by atoms with Crippen LogP contribution in [0.4, 0.5) is 30.4 Å². The van der Waals surface area contributed by atoms with Crippen LogP contribution in [0.1, 0.15) is 36.8 Å². The van der Waals surface area contributed by atoms with E-state index in [-0.39, 0.29) is 17.6 Å². The van der Waals surface area contributed by atoms with Gasteiger partial charge in [0, 0.05) is 43.7 Å². The largest absolute Gasteiger partial charge is 0.489 e. The number of nitrogens with zero attached hydrogens (tertiary/aromatic N) is 4. The maximum absolute atomic E-state index is 13.3. The van der Waals surface area contributed by atoms with Crippen molar-refractivity contribution in [2.45, 2.75) is 39.0 Å². The number of hydrogen-bond acceptors (Lipinski definition) is 7. The summed E-state index contributed by atoms with van der Waals surface area (Å²) in [6, 6.07) is 6.89. The summed E-state index contributed by atoms with van der Waals surface area (Å²) >= 11 is 0. The zero-order chi connectivity index (χ0) is 25.8. The molecular weight excluding hydrogens is 473 g/mol. The minimum Gasteiger partial charge on any atom is -0.489 e. The van der Waals surface area contributed by atoms with E-state index in [2.05, 4.69) is 20.2 Å². The summed E-state index contributed by atoms with van der Waals surface area (Å²) in [7, 11) is 0. The van der Waals surface area contributed by atoms with E-state index in [0.717, 1.165) is 23.2 Å². The number of alkyl halides is 3. The number of piperazine rings is 1. The summed E-state index contributed by atoms with van der Waals surface area (Å²) in [5.74, 6) is 1.77. The van der Waals surface area contributed by atoms with Gasteiger partial charge in [0.2, 0.25) is 5.91 Å². The predicted octanol–water partition coefficient (Wildman–Crippen LogP) is 4.14. The first-order valence-corrected chi connectivity index (χ1v) is 11.7. The monoisotopic (exact) mass is 500 g/mol. The molecule has 2 aliphatic rings. The van der Waals surface area contributed by atoms with Crippen LogP contribution in [0.5, 0.6) is 5.75 Å². The summed E-state index contributed by atoms with van der Waals surface area (Å²) in [5.41, 5.74) is 6.96. The molecule has 36 heavy (non-hydrogen) atoms. The second-order valence-corrected chi connectivity index (χ2v) is 9.33. The summed E-state index contributed by atoms with van der Waals surface area (Å²) in [4.78, 5) is 25.0. The van der Waals surface area contributed by atoms with Crippen LogP contribution in [0.3, 0.4) is 0 Å². The van der Waals surface area contributed by atoms with E-state index >= 15 is 0 Å². The standard InChI is InChI=1S/C25H27F3N6O2/c1-13(16-6-17(25(26,27)28)8-18(29)7-16)30-24-20-9-22-23(10-21(20)31-14(2)32-24)36-12-19-11-33(15(3)35)4-5-34(19)22/h6-10,13,19H,4-5,11-12,29H2,1-3H3,(H,30,31,32)/t13-,19?/m1/s1. The number of rotatable bonds is 3. The second-order valence-electron chi connectivity index (χ2n) is 9.33. The van der Waals surface area contributed by atoms with Crippen LogP contribution in [0.25, 0.3) is 10.9 Å². The third-order valence-corrected chi connectivity index (χ3v) is 6.72. The number of aryl methyl sites for hydroxylation is 1. The fraction of sp³-hybridized carbons (Fsp3) is 0.400. The second kappa shape index (κ2) is 8.72. The van der Waals surface area contributed by atoms with Crippen LogP contribution in [0, 0.1) is 6.92 Å². The zero-order valence-corrected chi connectivity index (χ0v) is 20.2. The molecule has 190 valence electrons. The molecule has 3 N–H and O–H groups in total. The van der Waals surface area contributed by atoms with Crippen molar-refractivity contribution in [1.29, 1.82) is 0 Å². The van der Waals surface area contributed by atoms with Crippen molar-refractivity contribution in [2.24, 2.45) is 0 Å². The van der Waals surface area contributed by atoms with Gasteiger partial charge in [-0.25, -0.2) is 9.97 Å². The minimum absolute atomic E-state index is 0.0300. The molecule has 0 radical (unpaired) electrons. The fourth-order valence-corrected chi connectivity index (χ4v) is 4.88. The molecule has 2 aliphatic heterocycles. The average Bonchev–Trinajstić information content (AvgIpc) is 2.81. The number of anilines is 3. The number of carbonyl (C=O) groups is 1. The third-order valence-electron chi connectivity index (χ3n) is 6.72. The SMILES string of the molecule is CC(=O)N1CCN2c3cc4c(N[C@H](C)c5cc(N)cc(C(F)(F)F)c5)nc(C)nc4cc3OCC2C1. The molecule has 3 heterocycles. The summed E-state index contributed by atoms with van der Waals surface area (Å²) in [6.45, 7) is 7.42. The van der Waals surface area contributed by atoms with E-state index in [1.165, 1.54) is 6.07 Å². The van der Waals surface area contributed by atoms with E-state index in [9.17, 15) is 18.0 Å². The Morgan fingerprint density at radius 3 is 2.69 bits per heavy atom. The number of amides is 1. The number of ether oxygens (including phenoxy) is 1. The van der Waals surface area contributed by atoms with Crippen LogP contribution < -0.4 is 20.7 Å². The molecule has 2 atom stereocenters. The van der Waals surface area contributed by atoms with Crippen LogP contribution >= 0.6 is 0 Å². The maximum atomic E-state index is 13.3. The van der Waals surface area contributed by atoms with Gasteiger partial charge in [0.15, 0.2) is 0 Å². The fourth-order valence-electron chi connectivity index (χ4n) is 4.88. The molecule has 0 saturated carbocycles. The average molecular weight is 501 g/mol. The molecule has 11 heteroatoms. The zero-order valence-electron chi connectivity index (χ0n) is 20.2. The molecule has 0 spiro atoms. The van der Waals surface area contributed by atoms with Gasteiger partial charge in [0.25, 0.3) is 0 Å². The van der Waals surface area contributed by atoms with Crippen LogP contribution in [-0.2, 0) is 11.0 Å². The molecule has 2 aromatic carbocycles. The number of hydrogen-bond donors (Lipinski definition) is 2. The van der Waals surface area contributed by atoms with Gasteiger partial charge < -0.3 is 25.6 Å². The quantitative estimate of drug-likeness (QED) is 0.522. The Hall–Kier alpha value is -3.76. The number of benzene rings is 2. The Morgan fingerprint density at radius 2 is 1.97 bits per heavy atom. The molecule has 1 amide bonds. The number of halogens is 3. The molecule has 1 fully saturated rings. The van der Waals surface area contributed by atoms with Crippen molar-refractivity contribution in [2.75, 3.05) is 42.2 Å². The topological polar surface area (TPSA) is 96.6 Å². The number of nitrogen functional groups attached to an aromatic ring is 1. The molecule has 1 aromatic heterocycles. The van der Waals surface area contributed by atoms with E-state index in [4.69, 9.17) is 10.5 Å². The third kappa shape index (κ3) is 4.45. The van der Waals surface area contributed by atoms with Gasteiger partial charge in [0.05, 0.1) is 28.9 Å². The van der Waals surface area contributed by atoms with Gasteiger partial charge in [-0.2, -0.15) is 13.2 Å². The normalized spacial score (nSPS) is 18.3. The highest BCUT2D eigenvalue weighted by molar-refractivity contribution is 5.94. The lowest BCUT2D eigenvalue weighted by atomic mass is 10.0. The maximum Gasteiger partial charge on any atom is 0.416 e. The number of aromatic nitrogens is 2. The molecule has 5 rings (SSSR count). The molecular formula is C25H27F3N6O2. The van der Waals surface area contributed by atoms with E-state index in [0.29, 0.717) is 54.7 Å². The highest BCUT2D eigenvalue weighted by Crippen LogP contribution is 2.40. The Bertz CT molecular complexity index is 1350. The number of carbonyl (C=O) groups excluding carboxylic acids is 1.